The van der Waals surface area contributed by atoms with E-state index in [1.807, 2.05) is 13.8 Å². The highest BCUT2D eigenvalue weighted by molar-refractivity contribution is 7.92. The molecule has 7 nitrogen and oxygen atoms in total. The Balaban J connectivity index is 2.02. The minimum absolute atomic E-state index is 0.0458. The molecular formula is C29H33Cl2N3O4S. The number of unbranched alkanes of at least 4 members (excludes halogenated alkanes) is 1. The van der Waals surface area contributed by atoms with Gasteiger partial charge in [0.2, 0.25) is 11.8 Å². The summed E-state index contributed by atoms with van der Waals surface area (Å²) in [5.74, 6) is -0.933. The van der Waals surface area contributed by atoms with Gasteiger partial charge >= 0.3 is 0 Å². The van der Waals surface area contributed by atoms with Crippen LogP contribution in [0.5, 0.6) is 0 Å². The molecule has 0 fully saturated rings. The summed E-state index contributed by atoms with van der Waals surface area (Å²) in [6.07, 6.45) is 1.69. The zero-order chi connectivity index (χ0) is 28.6. The van der Waals surface area contributed by atoms with Gasteiger partial charge in [0.25, 0.3) is 10.0 Å². The number of rotatable bonds is 12. The molecular weight excluding hydrogens is 557 g/mol. The number of carbonyl (C=O) groups is 2. The molecule has 0 aromatic heterocycles. The van der Waals surface area contributed by atoms with Crippen LogP contribution in [0.3, 0.4) is 0 Å². The summed E-state index contributed by atoms with van der Waals surface area (Å²) in [7, 11) is -4.12. The number of sulfonamides is 1. The third-order valence-electron chi connectivity index (χ3n) is 6.32. The van der Waals surface area contributed by atoms with Gasteiger partial charge in [0.15, 0.2) is 0 Å². The fourth-order valence-electron chi connectivity index (χ4n) is 3.93. The van der Waals surface area contributed by atoms with Crippen molar-refractivity contribution in [2.24, 2.45) is 0 Å². The average molecular weight is 591 g/mol. The molecule has 0 radical (unpaired) electrons. The lowest BCUT2D eigenvalue weighted by atomic mass is 10.1. The van der Waals surface area contributed by atoms with Crippen LogP contribution < -0.4 is 9.62 Å². The van der Waals surface area contributed by atoms with Gasteiger partial charge in [-0.25, -0.2) is 8.42 Å². The molecule has 0 aliphatic heterocycles. The van der Waals surface area contributed by atoms with E-state index in [9.17, 15) is 18.0 Å². The first-order valence-corrected chi connectivity index (χ1v) is 14.9. The van der Waals surface area contributed by atoms with Gasteiger partial charge in [0, 0.05) is 28.7 Å². The summed E-state index contributed by atoms with van der Waals surface area (Å²) in [6, 6.07) is 18.8. The Kier molecular flexibility index (Phi) is 10.8. The van der Waals surface area contributed by atoms with Crippen molar-refractivity contribution in [1.29, 1.82) is 0 Å². The molecule has 3 rings (SSSR count). The molecule has 0 saturated heterocycles. The van der Waals surface area contributed by atoms with Crippen LogP contribution in [0.4, 0.5) is 5.69 Å². The van der Waals surface area contributed by atoms with E-state index in [0.29, 0.717) is 27.8 Å². The van der Waals surface area contributed by atoms with Crippen LogP contribution >= 0.6 is 23.2 Å². The topological polar surface area (TPSA) is 86.8 Å². The van der Waals surface area contributed by atoms with E-state index < -0.39 is 28.5 Å². The largest absolute Gasteiger partial charge is 0.354 e. The summed E-state index contributed by atoms with van der Waals surface area (Å²) < 4.78 is 28.6. The van der Waals surface area contributed by atoms with Crippen molar-refractivity contribution >= 4 is 50.7 Å². The molecule has 0 aliphatic carbocycles. The monoisotopic (exact) mass is 589 g/mol. The predicted molar refractivity (Wildman–Crippen MR) is 157 cm³/mol. The number of hydrogen-bond donors (Lipinski definition) is 1. The zero-order valence-electron chi connectivity index (χ0n) is 22.2. The number of hydrogen-bond acceptors (Lipinski definition) is 4. The third-order valence-corrected chi connectivity index (χ3v) is 8.82. The standard InChI is InChI=1S/C29H33Cl2N3O4S/c1-4-5-18-32-29(36)22(3)33(19-25-26(30)12-9-13-27(25)31)28(35)20-34(23-16-14-21(2)15-17-23)39(37,38)24-10-7-6-8-11-24/h6-17,22H,4-5,18-20H2,1-3H3,(H,32,36)/t22-/m1/s1. The lowest BCUT2D eigenvalue weighted by molar-refractivity contribution is -0.139. The summed E-state index contributed by atoms with van der Waals surface area (Å²) in [6.45, 7) is 5.36. The molecule has 0 bridgehead atoms. The molecule has 0 spiro atoms. The first kappa shape index (κ1) is 30.5. The van der Waals surface area contributed by atoms with Crippen molar-refractivity contribution in [3.63, 3.8) is 0 Å². The molecule has 10 heteroatoms. The minimum Gasteiger partial charge on any atom is -0.354 e. The summed E-state index contributed by atoms with van der Waals surface area (Å²) >= 11 is 12.8. The van der Waals surface area contributed by atoms with Crippen molar-refractivity contribution < 1.29 is 18.0 Å². The molecule has 1 N–H and O–H groups in total. The number of anilines is 1. The quantitative estimate of drug-likeness (QED) is 0.269. The van der Waals surface area contributed by atoms with Gasteiger partial charge in [-0.05, 0) is 56.7 Å². The molecule has 3 aromatic rings. The number of halogens is 2. The summed E-state index contributed by atoms with van der Waals surface area (Å²) in [4.78, 5) is 28.3. The average Bonchev–Trinajstić information content (AvgIpc) is 2.92. The van der Waals surface area contributed by atoms with Gasteiger partial charge in [-0.3, -0.25) is 13.9 Å². The van der Waals surface area contributed by atoms with Gasteiger partial charge in [0.1, 0.15) is 12.6 Å². The number of nitrogens with one attached hydrogen (secondary N) is 1. The number of nitrogens with zero attached hydrogens (tertiary/aromatic N) is 2. The van der Waals surface area contributed by atoms with Crippen LogP contribution in [0.25, 0.3) is 0 Å². The highest BCUT2D eigenvalue weighted by atomic mass is 35.5. The second-order valence-corrected chi connectivity index (χ2v) is 11.9. The van der Waals surface area contributed by atoms with Crippen LogP contribution in [0.15, 0.2) is 77.7 Å². The Morgan fingerprint density at radius 1 is 0.923 bits per heavy atom. The Labute approximate surface area is 240 Å². The van der Waals surface area contributed by atoms with E-state index in [4.69, 9.17) is 23.2 Å². The first-order chi connectivity index (χ1) is 18.6. The van der Waals surface area contributed by atoms with Crippen LogP contribution in [-0.2, 0) is 26.2 Å². The fraction of sp³-hybridized carbons (Fsp3) is 0.310. The Hall–Kier alpha value is -3.07. The van der Waals surface area contributed by atoms with Crippen molar-refractivity contribution in [3.8, 4) is 0 Å². The number of carbonyl (C=O) groups excluding carboxylic acids is 2. The summed E-state index contributed by atoms with van der Waals surface area (Å²) in [5.41, 5.74) is 1.73. The molecule has 208 valence electrons. The molecule has 0 aliphatic rings. The van der Waals surface area contributed by atoms with Crippen LogP contribution in [0.2, 0.25) is 10.0 Å². The highest BCUT2D eigenvalue weighted by Gasteiger charge is 2.33. The van der Waals surface area contributed by atoms with E-state index in [2.05, 4.69) is 5.32 Å². The maximum absolute atomic E-state index is 13.9. The molecule has 0 unspecified atom stereocenters. The van der Waals surface area contributed by atoms with E-state index in [1.54, 1.807) is 67.6 Å². The number of aryl methyl sites for hydroxylation is 1. The van der Waals surface area contributed by atoms with Gasteiger partial charge in [-0.2, -0.15) is 0 Å². The molecule has 39 heavy (non-hydrogen) atoms. The fourth-order valence-corrected chi connectivity index (χ4v) is 5.88. The van der Waals surface area contributed by atoms with E-state index in [0.717, 1.165) is 22.7 Å². The van der Waals surface area contributed by atoms with Crippen LogP contribution in [0, 0.1) is 6.92 Å². The molecule has 2 amide bonds. The lowest BCUT2D eigenvalue weighted by Gasteiger charge is -2.32. The SMILES string of the molecule is CCCCNC(=O)[C@@H](C)N(Cc1c(Cl)cccc1Cl)C(=O)CN(c1ccc(C)cc1)S(=O)(=O)c1ccccc1. The number of benzene rings is 3. The van der Waals surface area contributed by atoms with Crippen molar-refractivity contribution in [3.05, 3.63) is 94.0 Å². The first-order valence-electron chi connectivity index (χ1n) is 12.7. The summed E-state index contributed by atoms with van der Waals surface area (Å²) in [5, 5.41) is 3.53. The van der Waals surface area contributed by atoms with Crippen LogP contribution in [-0.4, -0.2) is 44.3 Å². The van der Waals surface area contributed by atoms with E-state index in [1.165, 1.54) is 17.0 Å². The van der Waals surface area contributed by atoms with Gasteiger partial charge in [-0.15, -0.1) is 0 Å². The van der Waals surface area contributed by atoms with E-state index in [-0.39, 0.29) is 17.3 Å². The molecule has 1 atom stereocenters. The second-order valence-electron chi connectivity index (χ2n) is 9.20. The third kappa shape index (κ3) is 7.75. The van der Waals surface area contributed by atoms with Crippen molar-refractivity contribution in [1.82, 2.24) is 10.2 Å². The molecule has 0 heterocycles. The predicted octanol–water partition coefficient (Wildman–Crippen LogP) is 5.83. The zero-order valence-corrected chi connectivity index (χ0v) is 24.6. The maximum Gasteiger partial charge on any atom is 0.264 e. The van der Waals surface area contributed by atoms with Crippen molar-refractivity contribution in [2.45, 2.75) is 51.1 Å². The van der Waals surface area contributed by atoms with E-state index >= 15 is 0 Å². The molecule has 3 aromatic carbocycles. The Morgan fingerprint density at radius 3 is 2.13 bits per heavy atom. The smallest absolute Gasteiger partial charge is 0.264 e. The van der Waals surface area contributed by atoms with Crippen LogP contribution in [0.1, 0.15) is 37.8 Å². The van der Waals surface area contributed by atoms with Gasteiger partial charge < -0.3 is 10.2 Å². The van der Waals surface area contributed by atoms with Crippen molar-refractivity contribution in [2.75, 3.05) is 17.4 Å². The Morgan fingerprint density at radius 2 is 1.54 bits per heavy atom. The second kappa shape index (κ2) is 13.8. The van der Waals surface area contributed by atoms with Gasteiger partial charge in [0.05, 0.1) is 10.6 Å². The minimum atomic E-state index is -4.12. The number of amides is 2. The maximum atomic E-state index is 13.9. The van der Waals surface area contributed by atoms with Gasteiger partial charge in [-0.1, -0.05) is 78.5 Å². The Bertz CT molecular complexity index is 1360. The normalized spacial score (nSPS) is 12.0. The highest BCUT2D eigenvalue weighted by Crippen LogP contribution is 2.28. The molecule has 0 saturated carbocycles. The lowest BCUT2D eigenvalue weighted by Crippen LogP contribution is -2.51.